The van der Waals surface area contributed by atoms with Gasteiger partial charge in [-0.05, 0) is 30.3 Å². The first-order valence-corrected chi connectivity index (χ1v) is 6.15. The molecule has 0 saturated carbocycles. The zero-order valence-electron chi connectivity index (χ0n) is 9.55. The third-order valence-electron chi connectivity index (χ3n) is 3.18. The summed E-state index contributed by atoms with van der Waals surface area (Å²) >= 11 is 5.90. The van der Waals surface area contributed by atoms with E-state index >= 15 is 0 Å². The lowest BCUT2D eigenvalue weighted by Crippen LogP contribution is -2.22. The summed E-state index contributed by atoms with van der Waals surface area (Å²) in [4.78, 5) is 6.21. The molecular weight excluding hydrogens is 255 g/mol. The van der Waals surface area contributed by atoms with E-state index in [1.807, 2.05) is 24.3 Å². The third-order valence-corrected chi connectivity index (χ3v) is 3.42. The molecule has 1 aromatic carbocycles. The summed E-state index contributed by atoms with van der Waals surface area (Å²) in [5.74, 6) is 0.684. The molecule has 5 heteroatoms. The lowest BCUT2D eigenvalue weighted by Gasteiger charge is -2.16. The van der Waals surface area contributed by atoms with Crippen molar-refractivity contribution in [2.24, 2.45) is 0 Å². The van der Waals surface area contributed by atoms with Crippen molar-refractivity contribution in [3.8, 4) is 0 Å². The van der Waals surface area contributed by atoms with Gasteiger partial charge in [-0.2, -0.15) is 0 Å². The molecule has 0 radical (unpaired) electrons. The van der Waals surface area contributed by atoms with Crippen LogP contribution in [-0.4, -0.2) is 35.5 Å². The molecular formula is C13H12ClFN2O. The van der Waals surface area contributed by atoms with Crippen LogP contribution in [0.3, 0.4) is 0 Å². The molecule has 1 fully saturated rings. The predicted molar refractivity (Wildman–Crippen MR) is 69.9 cm³/mol. The van der Waals surface area contributed by atoms with Crippen molar-refractivity contribution in [2.45, 2.75) is 12.3 Å². The predicted octanol–water partition coefficient (Wildman–Crippen LogP) is 2.41. The topological polar surface area (TPSA) is 36.4 Å². The average molecular weight is 267 g/mol. The molecule has 3 rings (SSSR count). The van der Waals surface area contributed by atoms with Gasteiger partial charge in [0.1, 0.15) is 18.1 Å². The Morgan fingerprint density at radius 1 is 1.28 bits per heavy atom. The number of pyridine rings is 1. The van der Waals surface area contributed by atoms with Crippen LogP contribution < -0.4 is 4.90 Å². The van der Waals surface area contributed by atoms with Gasteiger partial charge in [0.05, 0.1) is 12.1 Å². The fraction of sp³-hybridized carbons (Fsp3) is 0.308. The van der Waals surface area contributed by atoms with Gasteiger partial charge in [-0.1, -0.05) is 11.6 Å². The van der Waals surface area contributed by atoms with E-state index in [4.69, 9.17) is 11.6 Å². The molecule has 1 aromatic heterocycles. The number of β-amino-alcohol motifs (C(OH)–C–C–N with tert-alkyl or cyclic N) is 1. The largest absolute Gasteiger partial charge is 0.388 e. The number of anilines is 1. The minimum Gasteiger partial charge on any atom is -0.388 e. The van der Waals surface area contributed by atoms with E-state index in [1.165, 1.54) is 0 Å². The van der Waals surface area contributed by atoms with Crippen molar-refractivity contribution in [2.75, 3.05) is 18.0 Å². The number of alkyl halides is 1. The van der Waals surface area contributed by atoms with Gasteiger partial charge in [0, 0.05) is 17.0 Å². The van der Waals surface area contributed by atoms with Crippen molar-refractivity contribution in [1.82, 2.24) is 4.98 Å². The van der Waals surface area contributed by atoms with Crippen LogP contribution in [0.1, 0.15) is 0 Å². The number of hydrogen-bond acceptors (Lipinski definition) is 3. The van der Waals surface area contributed by atoms with Crippen LogP contribution in [0.15, 0.2) is 30.3 Å². The molecule has 1 aliphatic rings. The van der Waals surface area contributed by atoms with Crippen molar-refractivity contribution in [1.29, 1.82) is 0 Å². The molecule has 18 heavy (non-hydrogen) atoms. The molecule has 94 valence electrons. The maximum atomic E-state index is 13.3. The number of hydrogen-bond donors (Lipinski definition) is 1. The van der Waals surface area contributed by atoms with Gasteiger partial charge in [-0.3, -0.25) is 0 Å². The Hall–Kier alpha value is -1.39. The zero-order chi connectivity index (χ0) is 12.7. The highest BCUT2D eigenvalue weighted by atomic mass is 35.5. The van der Waals surface area contributed by atoms with Crippen LogP contribution in [-0.2, 0) is 0 Å². The summed E-state index contributed by atoms with van der Waals surface area (Å²) in [5.41, 5.74) is 0.814. The molecule has 2 heterocycles. The highest BCUT2D eigenvalue weighted by molar-refractivity contribution is 6.31. The summed E-state index contributed by atoms with van der Waals surface area (Å²) < 4.78 is 13.3. The molecule has 0 aliphatic carbocycles. The van der Waals surface area contributed by atoms with Gasteiger partial charge in [0.15, 0.2) is 0 Å². The Balaban J connectivity index is 1.96. The minimum atomic E-state index is -1.20. The second-order valence-corrected chi connectivity index (χ2v) is 4.93. The number of fused-ring (bicyclic) bond motifs is 1. The quantitative estimate of drug-likeness (QED) is 0.861. The molecule has 0 unspecified atom stereocenters. The summed E-state index contributed by atoms with van der Waals surface area (Å²) in [7, 11) is 0. The van der Waals surface area contributed by atoms with Crippen molar-refractivity contribution >= 4 is 28.3 Å². The van der Waals surface area contributed by atoms with Gasteiger partial charge in [0.25, 0.3) is 0 Å². The third kappa shape index (κ3) is 2.02. The fourth-order valence-electron chi connectivity index (χ4n) is 2.20. The van der Waals surface area contributed by atoms with Gasteiger partial charge in [0.2, 0.25) is 0 Å². The number of halogens is 2. The SMILES string of the molecule is O[C@@H]1CN(c2ccc3cc(Cl)ccc3n2)C[C@H]1F. The number of aliphatic hydroxyl groups is 1. The van der Waals surface area contributed by atoms with Crippen molar-refractivity contribution in [3.63, 3.8) is 0 Å². The van der Waals surface area contributed by atoms with Crippen LogP contribution in [0.5, 0.6) is 0 Å². The molecule has 1 aliphatic heterocycles. The normalized spacial score (nSPS) is 23.8. The lowest BCUT2D eigenvalue weighted by atomic mass is 10.2. The molecule has 0 amide bonds. The Bertz CT molecular complexity index is 582. The summed E-state index contributed by atoms with van der Waals surface area (Å²) in [6.45, 7) is 0.473. The van der Waals surface area contributed by atoms with Crippen molar-refractivity contribution < 1.29 is 9.50 Å². The van der Waals surface area contributed by atoms with Crippen LogP contribution in [0.2, 0.25) is 5.02 Å². The van der Waals surface area contributed by atoms with E-state index in [0.29, 0.717) is 10.8 Å². The highest BCUT2D eigenvalue weighted by Gasteiger charge is 2.31. The van der Waals surface area contributed by atoms with E-state index in [1.54, 1.807) is 11.0 Å². The van der Waals surface area contributed by atoms with Gasteiger partial charge in [-0.15, -0.1) is 0 Å². The van der Waals surface area contributed by atoms with E-state index in [2.05, 4.69) is 4.98 Å². The molecule has 1 N–H and O–H groups in total. The molecule has 3 nitrogen and oxygen atoms in total. The van der Waals surface area contributed by atoms with Gasteiger partial charge < -0.3 is 10.0 Å². The van der Waals surface area contributed by atoms with Crippen LogP contribution in [0, 0.1) is 0 Å². The molecule has 0 bridgehead atoms. The lowest BCUT2D eigenvalue weighted by molar-refractivity contribution is 0.118. The first-order valence-electron chi connectivity index (χ1n) is 5.77. The van der Waals surface area contributed by atoms with Gasteiger partial charge >= 0.3 is 0 Å². The molecule has 2 aromatic rings. The van der Waals surface area contributed by atoms with Crippen molar-refractivity contribution in [3.05, 3.63) is 35.4 Å². The first kappa shape index (κ1) is 11.7. The Labute approximate surface area is 109 Å². The maximum Gasteiger partial charge on any atom is 0.145 e. The second kappa shape index (κ2) is 4.37. The Morgan fingerprint density at radius 3 is 2.83 bits per heavy atom. The van der Waals surface area contributed by atoms with Crippen LogP contribution in [0.25, 0.3) is 10.9 Å². The molecule has 2 atom stereocenters. The summed E-state index contributed by atoms with van der Waals surface area (Å²) in [5, 5.41) is 11.0. The Morgan fingerprint density at radius 2 is 2.11 bits per heavy atom. The number of rotatable bonds is 1. The molecule has 0 spiro atoms. The van der Waals surface area contributed by atoms with Gasteiger partial charge in [-0.25, -0.2) is 9.37 Å². The number of aromatic nitrogens is 1. The second-order valence-electron chi connectivity index (χ2n) is 4.49. The smallest absolute Gasteiger partial charge is 0.145 e. The highest BCUT2D eigenvalue weighted by Crippen LogP contribution is 2.24. The van der Waals surface area contributed by atoms with Crippen LogP contribution in [0.4, 0.5) is 10.2 Å². The monoisotopic (exact) mass is 266 g/mol. The summed E-state index contributed by atoms with van der Waals surface area (Å²) in [6, 6.07) is 9.17. The van der Waals surface area contributed by atoms with E-state index in [-0.39, 0.29) is 13.1 Å². The van der Waals surface area contributed by atoms with E-state index in [0.717, 1.165) is 10.9 Å². The standard InChI is InChI=1S/C13H12ClFN2O/c14-9-2-3-11-8(5-9)1-4-13(16-11)17-6-10(15)12(18)7-17/h1-5,10,12,18H,6-7H2/t10-,12-/m1/s1. The fourth-order valence-corrected chi connectivity index (χ4v) is 2.38. The summed E-state index contributed by atoms with van der Waals surface area (Å²) in [6.07, 6.45) is -2.12. The Kier molecular flexibility index (Phi) is 2.84. The average Bonchev–Trinajstić information content (AvgIpc) is 2.69. The number of aliphatic hydroxyl groups excluding tert-OH is 1. The number of benzene rings is 1. The maximum absolute atomic E-state index is 13.3. The van der Waals surface area contributed by atoms with E-state index in [9.17, 15) is 9.50 Å². The zero-order valence-corrected chi connectivity index (χ0v) is 10.3. The first-order chi connectivity index (χ1) is 8.63. The molecule has 1 saturated heterocycles. The number of nitrogens with zero attached hydrogens (tertiary/aromatic N) is 2. The van der Waals surface area contributed by atoms with E-state index < -0.39 is 12.3 Å². The minimum absolute atomic E-state index is 0.188. The van der Waals surface area contributed by atoms with Crippen LogP contribution >= 0.6 is 11.6 Å².